The van der Waals surface area contributed by atoms with Crippen molar-refractivity contribution in [3.05, 3.63) is 29.8 Å². The third-order valence-corrected chi connectivity index (χ3v) is 4.96. The fourth-order valence-electron chi connectivity index (χ4n) is 2.26. The predicted octanol–water partition coefficient (Wildman–Crippen LogP) is 1.50. The van der Waals surface area contributed by atoms with Crippen LogP contribution in [0.25, 0.3) is 0 Å². The van der Waals surface area contributed by atoms with Crippen LogP contribution < -0.4 is 10.5 Å². The third-order valence-electron chi connectivity index (χ3n) is 3.53. The molecule has 1 aromatic carbocycles. The molecule has 0 amide bonds. The molecule has 2 unspecified atom stereocenters. The monoisotopic (exact) mass is 326 g/mol. The molecule has 3 N–H and O–H groups in total. The van der Waals surface area contributed by atoms with Crippen LogP contribution in [-0.4, -0.2) is 58.3 Å². The first kappa shape index (κ1) is 16.5. The Bertz CT molecular complexity index is 467. The number of nitrogens with zero attached hydrogens (tertiary/aromatic N) is 1. The molecule has 1 heterocycles. The largest absolute Gasteiger partial charge is 0.491 e. The third kappa shape index (κ3) is 5.14. The van der Waals surface area contributed by atoms with Crippen LogP contribution >= 0.6 is 24.0 Å². The molecule has 0 bridgehead atoms. The number of thiocarbonyl (C=S) groups is 1. The molecule has 2 rings (SSSR count). The van der Waals surface area contributed by atoms with E-state index in [0.29, 0.717) is 24.2 Å². The summed E-state index contributed by atoms with van der Waals surface area (Å²) in [5.41, 5.74) is 6.36. The van der Waals surface area contributed by atoms with Crippen LogP contribution in [0.4, 0.5) is 0 Å². The maximum absolute atomic E-state index is 10.1. The van der Waals surface area contributed by atoms with Crippen molar-refractivity contribution in [1.82, 2.24) is 4.90 Å². The van der Waals surface area contributed by atoms with E-state index < -0.39 is 6.10 Å². The van der Waals surface area contributed by atoms with Crippen LogP contribution in [0, 0.1) is 0 Å². The minimum Gasteiger partial charge on any atom is -0.491 e. The van der Waals surface area contributed by atoms with Gasteiger partial charge in [-0.1, -0.05) is 12.2 Å². The molecule has 1 saturated heterocycles. The quantitative estimate of drug-likeness (QED) is 0.773. The molecule has 0 aromatic heterocycles. The van der Waals surface area contributed by atoms with E-state index in [2.05, 4.69) is 11.8 Å². The Labute approximate surface area is 135 Å². The molecule has 0 saturated carbocycles. The van der Waals surface area contributed by atoms with Gasteiger partial charge in [-0.05, 0) is 31.2 Å². The summed E-state index contributed by atoms with van der Waals surface area (Å²) in [6.07, 6.45) is -0.481. The minimum absolute atomic E-state index is 0.294. The summed E-state index contributed by atoms with van der Waals surface area (Å²) in [5, 5.41) is 10.1. The molecule has 1 aromatic rings. The summed E-state index contributed by atoms with van der Waals surface area (Å²) >= 11 is 6.88. The van der Waals surface area contributed by atoms with E-state index in [9.17, 15) is 5.11 Å². The number of aliphatic hydroxyl groups excluding tert-OH is 1. The normalized spacial score (nSPS) is 21.0. The molecule has 1 fully saturated rings. The van der Waals surface area contributed by atoms with Crippen LogP contribution in [0.3, 0.4) is 0 Å². The van der Waals surface area contributed by atoms with Crippen LogP contribution in [0.5, 0.6) is 5.75 Å². The lowest BCUT2D eigenvalue weighted by Crippen LogP contribution is -2.45. The summed E-state index contributed by atoms with van der Waals surface area (Å²) < 4.78 is 5.61. The second-order valence-corrected chi connectivity index (χ2v) is 6.86. The van der Waals surface area contributed by atoms with Gasteiger partial charge in [-0.2, -0.15) is 11.8 Å². The van der Waals surface area contributed by atoms with Gasteiger partial charge in [0.1, 0.15) is 23.4 Å². The summed E-state index contributed by atoms with van der Waals surface area (Å²) in [6, 6.07) is 7.81. The lowest BCUT2D eigenvalue weighted by molar-refractivity contribution is 0.0596. The van der Waals surface area contributed by atoms with Gasteiger partial charge in [0.25, 0.3) is 0 Å². The summed E-state index contributed by atoms with van der Waals surface area (Å²) in [5.74, 6) is 2.99. The van der Waals surface area contributed by atoms with Crippen molar-refractivity contribution >= 4 is 29.0 Å². The first-order valence-corrected chi connectivity index (χ1v) is 8.65. The molecule has 1 aliphatic heterocycles. The van der Waals surface area contributed by atoms with Crippen molar-refractivity contribution < 1.29 is 9.84 Å². The van der Waals surface area contributed by atoms with E-state index in [1.165, 1.54) is 0 Å². The molecule has 2 atom stereocenters. The minimum atomic E-state index is -0.481. The zero-order valence-electron chi connectivity index (χ0n) is 12.2. The van der Waals surface area contributed by atoms with Gasteiger partial charge in [0.15, 0.2) is 0 Å². The standard InChI is InChI=1S/C15H22N2O2S2/c1-11-10-21-7-6-17(11)8-13(18)9-19-14-4-2-12(3-5-14)15(16)20/h2-5,11,13,18H,6-10H2,1H3,(H2,16,20). The number of nitrogens with two attached hydrogens (primary N) is 1. The second kappa shape index (κ2) is 7.98. The van der Waals surface area contributed by atoms with E-state index in [-0.39, 0.29) is 0 Å². The average Bonchev–Trinajstić information content (AvgIpc) is 2.48. The number of β-amino-alcohol motifs (C(OH)–C–C–N with tert-alkyl or cyclic N) is 1. The van der Waals surface area contributed by atoms with Gasteiger partial charge in [0.05, 0.1) is 0 Å². The zero-order chi connectivity index (χ0) is 15.2. The Morgan fingerprint density at radius 2 is 2.24 bits per heavy atom. The number of benzene rings is 1. The molecule has 0 aliphatic carbocycles. The maximum atomic E-state index is 10.1. The first-order valence-electron chi connectivity index (χ1n) is 7.09. The van der Waals surface area contributed by atoms with Crippen molar-refractivity contribution in [2.24, 2.45) is 5.73 Å². The summed E-state index contributed by atoms with van der Waals surface area (Å²) in [7, 11) is 0. The Hall–Kier alpha value is -0.820. The first-order chi connectivity index (χ1) is 10.1. The SMILES string of the molecule is CC1CSCCN1CC(O)COc1ccc(C(N)=S)cc1. The van der Waals surface area contributed by atoms with E-state index in [1.54, 1.807) is 0 Å². The lowest BCUT2D eigenvalue weighted by atomic mass is 10.2. The average molecular weight is 326 g/mol. The Morgan fingerprint density at radius 3 is 2.86 bits per heavy atom. The fraction of sp³-hybridized carbons (Fsp3) is 0.533. The van der Waals surface area contributed by atoms with Crippen molar-refractivity contribution in [3.8, 4) is 5.75 Å². The van der Waals surface area contributed by atoms with Gasteiger partial charge in [-0.3, -0.25) is 4.90 Å². The molecule has 1 aliphatic rings. The Morgan fingerprint density at radius 1 is 1.52 bits per heavy atom. The summed E-state index contributed by atoms with van der Waals surface area (Å²) in [4.78, 5) is 2.69. The molecule has 4 nitrogen and oxygen atoms in total. The van der Waals surface area contributed by atoms with Crippen LogP contribution in [-0.2, 0) is 0 Å². The molecule has 6 heteroatoms. The Balaban J connectivity index is 1.77. The Kier molecular flexibility index (Phi) is 6.29. The van der Waals surface area contributed by atoms with Gasteiger partial charge in [-0.25, -0.2) is 0 Å². The highest BCUT2D eigenvalue weighted by molar-refractivity contribution is 7.99. The van der Waals surface area contributed by atoms with Crippen molar-refractivity contribution in [2.75, 3.05) is 31.2 Å². The van der Waals surface area contributed by atoms with Gasteiger partial charge in [0.2, 0.25) is 0 Å². The molecule has 0 radical (unpaired) electrons. The predicted molar refractivity (Wildman–Crippen MR) is 92.2 cm³/mol. The van der Waals surface area contributed by atoms with Crippen molar-refractivity contribution in [3.63, 3.8) is 0 Å². The van der Waals surface area contributed by atoms with Gasteiger partial charge in [0, 0.05) is 36.2 Å². The fourth-order valence-corrected chi connectivity index (χ4v) is 3.48. The van der Waals surface area contributed by atoms with Gasteiger partial charge >= 0.3 is 0 Å². The number of rotatable bonds is 6. The molecule has 116 valence electrons. The maximum Gasteiger partial charge on any atom is 0.119 e. The number of hydrogen-bond acceptors (Lipinski definition) is 5. The van der Waals surface area contributed by atoms with Gasteiger partial charge in [-0.15, -0.1) is 0 Å². The highest BCUT2D eigenvalue weighted by Crippen LogP contribution is 2.17. The highest BCUT2D eigenvalue weighted by atomic mass is 32.2. The molecular formula is C15H22N2O2S2. The summed E-state index contributed by atoms with van der Waals surface area (Å²) in [6.45, 7) is 4.19. The van der Waals surface area contributed by atoms with Crippen molar-refractivity contribution in [1.29, 1.82) is 0 Å². The van der Waals surface area contributed by atoms with E-state index in [4.69, 9.17) is 22.7 Å². The number of hydrogen-bond donors (Lipinski definition) is 2. The van der Waals surface area contributed by atoms with Gasteiger partial charge < -0.3 is 15.6 Å². The van der Waals surface area contributed by atoms with Crippen molar-refractivity contribution in [2.45, 2.75) is 19.1 Å². The molecular weight excluding hydrogens is 304 g/mol. The zero-order valence-corrected chi connectivity index (χ0v) is 13.8. The van der Waals surface area contributed by atoms with Crippen LogP contribution in [0.15, 0.2) is 24.3 Å². The van der Waals surface area contributed by atoms with E-state index in [1.807, 2.05) is 36.0 Å². The topological polar surface area (TPSA) is 58.7 Å². The smallest absolute Gasteiger partial charge is 0.119 e. The van der Waals surface area contributed by atoms with E-state index >= 15 is 0 Å². The second-order valence-electron chi connectivity index (χ2n) is 5.27. The number of ether oxygens (including phenoxy) is 1. The van der Waals surface area contributed by atoms with Crippen LogP contribution in [0.1, 0.15) is 12.5 Å². The highest BCUT2D eigenvalue weighted by Gasteiger charge is 2.21. The lowest BCUT2D eigenvalue weighted by Gasteiger charge is -2.34. The van der Waals surface area contributed by atoms with Crippen LogP contribution in [0.2, 0.25) is 0 Å². The number of aliphatic hydroxyl groups is 1. The van der Waals surface area contributed by atoms with E-state index in [0.717, 1.165) is 29.4 Å². The molecule has 21 heavy (non-hydrogen) atoms. The number of thioether (sulfide) groups is 1. The molecule has 0 spiro atoms.